The van der Waals surface area contributed by atoms with Gasteiger partial charge < -0.3 is 14.6 Å². The SMILES string of the molecule is COC(=O)c1cc(C#N)ccc1NC(=O)c1ccc(S(=O)O)cc1. The molecule has 2 aromatic rings. The molecule has 122 valence electrons. The van der Waals surface area contributed by atoms with Gasteiger partial charge in [0.2, 0.25) is 0 Å². The lowest BCUT2D eigenvalue weighted by atomic mass is 10.1. The molecule has 0 aliphatic heterocycles. The highest BCUT2D eigenvalue weighted by molar-refractivity contribution is 7.79. The van der Waals surface area contributed by atoms with Gasteiger partial charge in [-0.25, -0.2) is 9.00 Å². The first kappa shape index (κ1) is 17.3. The molecule has 0 saturated carbocycles. The Morgan fingerprint density at radius 1 is 1.21 bits per heavy atom. The number of hydrogen-bond acceptors (Lipinski definition) is 5. The van der Waals surface area contributed by atoms with Crippen molar-refractivity contribution in [3.63, 3.8) is 0 Å². The van der Waals surface area contributed by atoms with Crippen molar-refractivity contribution >= 4 is 28.6 Å². The van der Waals surface area contributed by atoms with Gasteiger partial charge in [-0.05, 0) is 42.5 Å². The van der Waals surface area contributed by atoms with Crippen LogP contribution < -0.4 is 5.32 Å². The summed E-state index contributed by atoms with van der Waals surface area (Å²) in [5.41, 5.74) is 0.742. The molecule has 1 amide bonds. The van der Waals surface area contributed by atoms with Gasteiger partial charge in [0.05, 0.1) is 34.9 Å². The number of nitriles is 1. The van der Waals surface area contributed by atoms with E-state index in [0.29, 0.717) is 0 Å². The van der Waals surface area contributed by atoms with Crippen LogP contribution in [0.3, 0.4) is 0 Å². The molecule has 0 fully saturated rings. The first-order valence-corrected chi connectivity index (χ1v) is 7.71. The average Bonchev–Trinajstić information content (AvgIpc) is 2.61. The van der Waals surface area contributed by atoms with Crippen molar-refractivity contribution in [3.8, 4) is 6.07 Å². The number of benzene rings is 2. The van der Waals surface area contributed by atoms with Crippen LogP contribution in [0.15, 0.2) is 47.4 Å². The van der Waals surface area contributed by atoms with E-state index in [-0.39, 0.29) is 27.3 Å². The number of nitrogens with one attached hydrogen (secondary N) is 1. The van der Waals surface area contributed by atoms with Crippen LogP contribution in [0.4, 0.5) is 5.69 Å². The van der Waals surface area contributed by atoms with Crippen LogP contribution in [-0.2, 0) is 15.8 Å². The molecule has 0 aliphatic carbocycles. The van der Waals surface area contributed by atoms with Crippen molar-refractivity contribution in [2.45, 2.75) is 4.90 Å². The quantitative estimate of drug-likeness (QED) is 0.648. The molecule has 0 aromatic heterocycles. The van der Waals surface area contributed by atoms with Gasteiger partial charge in [-0.1, -0.05) is 0 Å². The van der Waals surface area contributed by atoms with Gasteiger partial charge in [-0.3, -0.25) is 4.79 Å². The second-order valence-electron chi connectivity index (χ2n) is 4.59. The van der Waals surface area contributed by atoms with Gasteiger partial charge in [0.25, 0.3) is 5.91 Å². The summed E-state index contributed by atoms with van der Waals surface area (Å²) in [5, 5.41) is 11.5. The second-order valence-corrected chi connectivity index (χ2v) is 5.56. The summed E-state index contributed by atoms with van der Waals surface area (Å²) in [6.07, 6.45) is 0. The molecule has 2 rings (SSSR count). The standard InChI is InChI=1S/C16H12N2O5S/c1-23-16(20)13-8-10(9-17)2-7-14(13)18-15(19)11-3-5-12(6-4-11)24(21)22/h2-8H,1H3,(H,18,19)(H,21,22). The maximum absolute atomic E-state index is 12.2. The van der Waals surface area contributed by atoms with Gasteiger partial charge in [-0.15, -0.1) is 0 Å². The van der Waals surface area contributed by atoms with E-state index in [1.54, 1.807) is 0 Å². The number of amides is 1. The molecule has 8 heteroatoms. The molecule has 24 heavy (non-hydrogen) atoms. The van der Waals surface area contributed by atoms with E-state index in [1.165, 1.54) is 49.6 Å². The van der Waals surface area contributed by atoms with Crippen LogP contribution in [0.25, 0.3) is 0 Å². The first-order valence-electron chi connectivity index (χ1n) is 6.61. The highest BCUT2D eigenvalue weighted by atomic mass is 32.2. The van der Waals surface area contributed by atoms with E-state index in [1.807, 2.05) is 6.07 Å². The molecule has 0 bridgehead atoms. The minimum atomic E-state index is -2.13. The number of methoxy groups -OCH3 is 1. The fourth-order valence-corrected chi connectivity index (χ4v) is 2.29. The zero-order chi connectivity index (χ0) is 17.7. The number of carbonyl (C=O) groups is 2. The van der Waals surface area contributed by atoms with Crippen molar-refractivity contribution in [3.05, 3.63) is 59.2 Å². The second kappa shape index (κ2) is 7.50. The van der Waals surface area contributed by atoms with Crippen molar-refractivity contribution < 1.29 is 23.1 Å². The molecule has 0 heterocycles. The van der Waals surface area contributed by atoms with Crippen molar-refractivity contribution in [2.75, 3.05) is 12.4 Å². The summed E-state index contributed by atoms with van der Waals surface area (Å²) < 4.78 is 24.5. The Hall–Kier alpha value is -3.02. The maximum atomic E-state index is 12.2. The Morgan fingerprint density at radius 3 is 2.42 bits per heavy atom. The third-order valence-electron chi connectivity index (χ3n) is 3.12. The van der Waals surface area contributed by atoms with Crippen LogP contribution in [0.2, 0.25) is 0 Å². The van der Waals surface area contributed by atoms with Crippen molar-refractivity contribution in [2.24, 2.45) is 0 Å². The average molecular weight is 344 g/mol. The lowest BCUT2D eigenvalue weighted by Gasteiger charge is -2.10. The van der Waals surface area contributed by atoms with Gasteiger partial charge in [0, 0.05) is 5.56 Å². The number of carbonyl (C=O) groups excluding carboxylic acids is 2. The largest absolute Gasteiger partial charge is 0.465 e. The fraction of sp³-hybridized carbons (Fsp3) is 0.0625. The Kier molecular flexibility index (Phi) is 5.42. The molecule has 0 aliphatic rings. The van der Waals surface area contributed by atoms with Gasteiger partial charge >= 0.3 is 5.97 Å². The highest BCUT2D eigenvalue weighted by Crippen LogP contribution is 2.20. The molecule has 1 atom stereocenters. The van der Waals surface area contributed by atoms with Gasteiger partial charge in [0.1, 0.15) is 0 Å². The van der Waals surface area contributed by atoms with Crippen LogP contribution in [0, 0.1) is 11.3 Å². The Bertz CT molecular complexity index is 856. The third-order valence-corrected chi connectivity index (χ3v) is 3.80. The number of nitrogens with zero attached hydrogens (tertiary/aromatic N) is 1. The first-order chi connectivity index (χ1) is 11.5. The number of rotatable bonds is 4. The predicted octanol–water partition coefficient (Wildman–Crippen LogP) is 2.18. The fourth-order valence-electron chi connectivity index (χ4n) is 1.92. The van der Waals surface area contributed by atoms with Crippen LogP contribution in [-0.4, -0.2) is 27.7 Å². The minimum Gasteiger partial charge on any atom is -0.465 e. The van der Waals surface area contributed by atoms with Crippen LogP contribution in [0.1, 0.15) is 26.3 Å². The smallest absolute Gasteiger partial charge is 0.340 e. The molecule has 7 nitrogen and oxygen atoms in total. The summed E-state index contributed by atoms with van der Waals surface area (Å²) in [6.45, 7) is 0. The molecular weight excluding hydrogens is 332 g/mol. The summed E-state index contributed by atoms with van der Waals surface area (Å²) in [5.74, 6) is -1.20. The number of esters is 1. The van der Waals surface area contributed by atoms with Crippen LogP contribution >= 0.6 is 0 Å². The molecule has 2 N–H and O–H groups in total. The van der Waals surface area contributed by atoms with Gasteiger partial charge in [0.15, 0.2) is 11.1 Å². The molecule has 0 spiro atoms. The minimum absolute atomic E-state index is 0.0537. The van der Waals surface area contributed by atoms with Crippen molar-refractivity contribution in [1.29, 1.82) is 5.26 Å². The zero-order valence-electron chi connectivity index (χ0n) is 12.5. The topological polar surface area (TPSA) is 116 Å². The number of ether oxygens (including phenoxy) is 1. The zero-order valence-corrected chi connectivity index (χ0v) is 13.3. The molecule has 0 saturated heterocycles. The van der Waals surface area contributed by atoms with Crippen LogP contribution in [0.5, 0.6) is 0 Å². The molecule has 1 unspecified atom stereocenters. The van der Waals surface area contributed by atoms with E-state index >= 15 is 0 Å². The normalized spacial score (nSPS) is 11.2. The summed E-state index contributed by atoms with van der Waals surface area (Å²) in [6, 6.07) is 11.6. The van der Waals surface area contributed by atoms with E-state index in [2.05, 4.69) is 10.1 Å². The summed E-state index contributed by atoms with van der Waals surface area (Å²) in [7, 11) is 1.20. The summed E-state index contributed by atoms with van der Waals surface area (Å²) in [4.78, 5) is 24.2. The lowest BCUT2D eigenvalue weighted by Crippen LogP contribution is -2.15. The molecule has 0 radical (unpaired) electrons. The maximum Gasteiger partial charge on any atom is 0.340 e. The number of anilines is 1. The lowest BCUT2D eigenvalue weighted by molar-refractivity contribution is 0.0602. The summed E-state index contributed by atoms with van der Waals surface area (Å²) >= 11 is -2.13. The predicted molar refractivity (Wildman–Crippen MR) is 85.9 cm³/mol. The van der Waals surface area contributed by atoms with E-state index < -0.39 is 23.0 Å². The van der Waals surface area contributed by atoms with Crippen molar-refractivity contribution in [1.82, 2.24) is 0 Å². The Balaban J connectivity index is 2.30. The van der Waals surface area contributed by atoms with E-state index in [9.17, 15) is 13.8 Å². The molecular formula is C16H12N2O5S. The number of hydrogen-bond donors (Lipinski definition) is 2. The highest BCUT2D eigenvalue weighted by Gasteiger charge is 2.16. The Labute approximate surface area is 140 Å². The van der Waals surface area contributed by atoms with E-state index in [0.717, 1.165) is 0 Å². The third kappa shape index (κ3) is 3.84. The van der Waals surface area contributed by atoms with Gasteiger partial charge in [-0.2, -0.15) is 5.26 Å². The monoisotopic (exact) mass is 344 g/mol. The Morgan fingerprint density at radius 2 is 1.88 bits per heavy atom. The van der Waals surface area contributed by atoms with E-state index in [4.69, 9.17) is 9.81 Å². The molecule has 2 aromatic carbocycles.